The number of rotatable bonds is 4. The summed E-state index contributed by atoms with van der Waals surface area (Å²) >= 11 is 5.78. The van der Waals surface area contributed by atoms with E-state index >= 15 is 0 Å². The van der Waals surface area contributed by atoms with Crippen LogP contribution in [0.15, 0.2) is 53.4 Å². The van der Waals surface area contributed by atoms with Crippen LogP contribution in [0.25, 0.3) is 0 Å². The average molecular weight is 354 g/mol. The highest BCUT2D eigenvalue weighted by molar-refractivity contribution is 7.87. The van der Waals surface area contributed by atoms with Crippen molar-refractivity contribution in [3.05, 3.63) is 53.6 Å². The SMILES string of the molecule is O=S(=O)(Oc1cccc(N2CCOCC2)c1)c1ccc(Cl)cc1. The van der Waals surface area contributed by atoms with E-state index in [4.69, 9.17) is 20.5 Å². The van der Waals surface area contributed by atoms with Crippen LogP contribution in [0, 0.1) is 0 Å². The fraction of sp³-hybridized carbons (Fsp3) is 0.250. The van der Waals surface area contributed by atoms with Gasteiger partial charge in [0.25, 0.3) is 0 Å². The Bertz CT molecular complexity index is 771. The van der Waals surface area contributed by atoms with E-state index in [1.54, 1.807) is 18.2 Å². The van der Waals surface area contributed by atoms with Gasteiger partial charge in [0, 0.05) is 29.9 Å². The molecule has 0 unspecified atom stereocenters. The molecule has 1 aliphatic heterocycles. The first-order valence-corrected chi connectivity index (χ1v) is 8.96. The van der Waals surface area contributed by atoms with Crippen molar-refractivity contribution >= 4 is 27.4 Å². The van der Waals surface area contributed by atoms with Gasteiger partial charge < -0.3 is 13.8 Å². The lowest BCUT2D eigenvalue weighted by molar-refractivity contribution is 0.122. The summed E-state index contributed by atoms with van der Waals surface area (Å²) in [5, 5.41) is 0.471. The van der Waals surface area contributed by atoms with Gasteiger partial charge >= 0.3 is 10.1 Å². The maximum absolute atomic E-state index is 12.3. The molecular weight excluding hydrogens is 338 g/mol. The molecule has 0 bridgehead atoms. The van der Waals surface area contributed by atoms with Gasteiger partial charge in [-0.1, -0.05) is 17.7 Å². The lowest BCUT2D eigenvalue weighted by Crippen LogP contribution is -2.36. The van der Waals surface area contributed by atoms with E-state index in [0.29, 0.717) is 18.2 Å². The maximum atomic E-state index is 12.3. The van der Waals surface area contributed by atoms with Crippen molar-refractivity contribution in [3.63, 3.8) is 0 Å². The lowest BCUT2D eigenvalue weighted by Gasteiger charge is -2.29. The van der Waals surface area contributed by atoms with Crippen molar-refractivity contribution in [3.8, 4) is 5.75 Å². The Balaban J connectivity index is 1.80. The van der Waals surface area contributed by atoms with Crippen molar-refractivity contribution in [1.82, 2.24) is 0 Å². The molecule has 1 heterocycles. The normalized spacial score (nSPS) is 15.4. The van der Waals surface area contributed by atoms with Crippen LogP contribution in [0.3, 0.4) is 0 Å². The van der Waals surface area contributed by atoms with Crippen LogP contribution in [0.1, 0.15) is 0 Å². The first-order chi connectivity index (χ1) is 11.0. The summed E-state index contributed by atoms with van der Waals surface area (Å²) in [7, 11) is -3.88. The molecule has 1 fully saturated rings. The summed E-state index contributed by atoms with van der Waals surface area (Å²) < 4.78 is 35.2. The Morgan fingerprint density at radius 3 is 2.43 bits per heavy atom. The smallest absolute Gasteiger partial charge is 0.339 e. The van der Waals surface area contributed by atoms with Crippen LogP contribution >= 0.6 is 11.6 Å². The minimum Gasteiger partial charge on any atom is -0.379 e. The second-order valence-corrected chi connectivity index (χ2v) is 7.07. The predicted octanol–water partition coefficient (Wildman–Crippen LogP) is 2.94. The molecular formula is C16H16ClNO4S. The number of benzene rings is 2. The van der Waals surface area contributed by atoms with Gasteiger partial charge in [-0.25, -0.2) is 0 Å². The number of hydrogen-bond donors (Lipinski definition) is 0. The maximum Gasteiger partial charge on any atom is 0.339 e. The monoisotopic (exact) mass is 353 g/mol. The largest absolute Gasteiger partial charge is 0.379 e. The second kappa shape index (κ2) is 6.78. The highest BCUT2D eigenvalue weighted by Gasteiger charge is 2.18. The fourth-order valence-corrected chi connectivity index (χ4v) is 3.38. The molecule has 0 atom stereocenters. The number of morpholine rings is 1. The van der Waals surface area contributed by atoms with Crippen molar-refractivity contribution in [2.24, 2.45) is 0 Å². The average Bonchev–Trinajstić information content (AvgIpc) is 2.56. The summed E-state index contributed by atoms with van der Waals surface area (Å²) in [4.78, 5) is 2.20. The summed E-state index contributed by atoms with van der Waals surface area (Å²) in [5.74, 6) is 0.281. The van der Waals surface area contributed by atoms with E-state index in [0.717, 1.165) is 18.8 Å². The zero-order valence-electron chi connectivity index (χ0n) is 12.3. The Kier molecular flexibility index (Phi) is 4.75. The van der Waals surface area contributed by atoms with Crippen LogP contribution in [-0.4, -0.2) is 34.7 Å². The van der Waals surface area contributed by atoms with E-state index in [2.05, 4.69) is 4.90 Å². The summed E-state index contributed by atoms with van der Waals surface area (Å²) in [5.41, 5.74) is 0.914. The van der Waals surface area contributed by atoms with Crippen molar-refractivity contribution < 1.29 is 17.3 Å². The third-order valence-electron chi connectivity index (χ3n) is 3.50. The van der Waals surface area contributed by atoms with Gasteiger partial charge in [-0.2, -0.15) is 8.42 Å². The van der Waals surface area contributed by atoms with Gasteiger partial charge in [0.2, 0.25) is 0 Å². The van der Waals surface area contributed by atoms with E-state index in [1.807, 2.05) is 6.07 Å². The van der Waals surface area contributed by atoms with Gasteiger partial charge in [0.1, 0.15) is 10.6 Å². The highest BCUT2D eigenvalue weighted by Crippen LogP contribution is 2.25. The summed E-state index contributed by atoms with van der Waals surface area (Å²) in [6.45, 7) is 2.86. The topological polar surface area (TPSA) is 55.8 Å². The first kappa shape index (κ1) is 16.1. The van der Waals surface area contributed by atoms with Gasteiger partial charge in [-0.05, 0) is 36.4 Å². The molecule has 0 N–H and O–H groups in total. The second-order valence-electron chi connectivity index (χ2n) is 5.09. The van der Waals surface area contributed by atoms with Crippen molar-refractivity contribution in [1.29, 1.82) is 0 Å². The van der Waals surface area contributed by atoms with Crippen LogP contribution < -0.4 is 9.08 Å². The zero-order chi connectivity index (χ0) is 16.3. The molecule has 2 aromatic rings. The number of halogens is 1. The third-order valence-corrected chi connectivity index (χ3v) is 5.02. The Labute approximate surface area is 140 Å². The molecule has 5 nitrogen and oxygen atoms in total. The van der Waals surface area contributed by atoms with E-state index in [9.17, 15) is 8.42 Å². The number of anilines is 1. The molecule has 0 saturated carbocycles. The number of hydrogen-bond acceptors (Lipinski definition) is 5. The van der Waals surface area contributed by atoms with Crippen LogP contribution in [-0.2, 0) is 14.9 Å². The predicted molar refractivity (Wildman–Crippen MR) is 88.7 cm³/mol. The summed E-state index contributed by atoms with van der Waals surface area (Å²) in [6, 6.07) is 12.9. The summed E-state index contributed by atoms with van der Waals surface area (Å²) in [6.07, 6.45) is 0. The quantitative estimate of drug-likeness (QED) is 0.791. The Hall–Kier alpha value is -1.76. The van der Waals surface area contributed by atoms with Gasteiger partial charge in [-0.15, -0.1) is 0 Å². The zero-order valence-corrected chi connectivity index (χ0v) is 13.9. The van der Waals surface area contributed by atoms with Gasteiger partial charge in [-0.3, -0.25) is 0 Å². The number of ether oxygens (including phenoxy) is 1. The molecule has 1 aliphatic rings. The first-order valence-electron chi connectivity index (χ1n) is 7.17. The minimum absolute atomic E-state index is 0.0682. The molecule has 0 spiro atoms. The van der Waals surface area contributed by atoms with Crippen LogP contribution in [0.2, 0.25) is 5.02 Å². The fourth-order valence-electron chi connectivity index (χ4n) is 2.33. The van der Waals surface area contributed by atoms with Crippen LogP contribution in [0.5, 0.6) is 5.75 Å². The van der Waals surface area contributed by atoms with Crippen LogP contribution in [0.4, 0.5) is 5.69 Å². The molecule has 1 saturated heterocycles. The standard InChI is InChI=1S/C16H16ClNO4S/c17-13-4-6-16(7-5-13)23(19,20)22-15-3-1-2-14(12-15)18-8-10-21-11-9-18/h1-7,12H,8-11H2. The van der Waals surface area contributed by atoms with E-state index in [-0.39, 0.29) is 10.6 Å². The molecule has 7 heteroatoms. The van der Waals surface area contributed by atoms with Gasteiger partial charge in [0.05, 0.1) is 13.2 Å². The molecule has 23 heavy (non-hydrogen) atoms. The molecule has 0 radical (unpaired) electrons. The highest BCUT2D eigenvalue weighted by atomic mass is 35.5. The Morgan fingerprint density at radius 2 is 1.74 bits per heavy atom. The van der Waals surface area contributed by atoms with Crippen molar-refractivity contribution in [2.75, 3.05) is 31.2 Å². The minimum atomic E-state index is -3.88. The van der Waals surface area contributed by atoms with Gasteiger partial charge in [0.15, 0.2) is 0 Å². The number of nitrogens with zero attached hydrogens (tertiary/aromatic N) is 1. The van der Waals surface area contributed by atoms with E-state index in [1.165, 1.54) is 24.3 Å². The van der Waals surface area contributed by atoms with Crippen molar-refractivity contribution in [2.45, 2.75) is 4.90 Å². The lowest BCUT2D eigenvalue weighted by atomic mass is 10.2. The molecule has 122 valence electrons. The molecule has 0 amide bonds. The van der Waals surface area contributed by atoms with E-state index < -0.39 is 10.1 Å². The third kappa shape index (κ3) is 3.96. The molecule has 0 aliphatic carbocycles. The molecule has 3 rings (SSSR count). The Morgan fingerprint density at radius 1 is 1.04 bits per heavy atom. The molecule has 0 aromatic heterocycles. The molecule has 2 aromatic carbocycles.